The summed E-state index contributed by atoms with van der Waals surface area (Å²) in [6, 6.07) is 2.33. The number of rotatable bonds is 0. The second-order valence-electron chi connectivity index (χ2n) is 3.13. The number of hydrazine groups is 1. The second-order valence-corrected chi connectivity index (χ2v) is 3.13. The lowest BCUT2D eigenvalue weighted by Crippen LogP contribution is -2.23. The Morgan fingerprint density at radius 1 is 1.55 bits per heavy atom. The third-order valence-corrected chi connectivity index (χ3v) is 2.39. The van der Waals surface area contributed by atoms with E-state index in [0.29, 0.717) is 0 Å². The maximum absolute atomic E-state index is 8.70. The van der Waals surface area contributed by atoms with Crippen LogP contribution < -0.4 is 10.9 Å². The van der Waals surface area contributed by atoms with E-state index in [4.69, 9.17) is 5.26 Å². The van der Waals surface area contributed by atoms with Gasteiger partial charge in [0.1, 0.15) is 0 Å². The van der Waals surface area contributed by atoms with E-state index in [9.17, 15) is 0 Å². The van der Waals surface area contributed by atoms with Crippen molar-refractivity contribution in [1.82, 2.24) is 10.9 Å². The molecule has 0 aromatic carbocycles. The van der Waals surface area contributed by atoms with Crippen LogP contribution >= 0.6 is 0 Å². The molecule has 2 aliphatic rings. The number of nitrogens with zero attached hydrogens (tertiary/aromatic N) is 1. The molecule has 0 radical (unpaired) electrons. The predicted molar refractivity (Wildman–Crippen MR) is 41.1 cm³/mol. The first-order valence-corrected chi connectivity index (χ1v) is 3.99. The van der Waals surface area contributed by atoms with Crippen molar-refractivity contribution in [2.45, 2.75) is 19.3 Å². The summed E-state index contributed by atoms with van der Waals surface area (Å²) in [7, 11) is 0. The lowest BCUT2D eigenvalue weighted by Gasteiger charge is -2.16. The minimum atomic E-state index is 0.260. The fourth-order valence-electron chi connectivity index (χ4n) is 1.72. The molecule has 1 aliphatic heterocycles. The highest BCUT2D eigenvalue weighted by molar-refractivity contribution is 5.22. The van der Waals surface area contributed by atoms with Gasteiger partial charge in [-0.25, -0.2) is 5.43 Å². The van der Waals surface area contributed by atoms with Gasteiger partial charge >= 0.3 is 0 Å². The van der Waals surface area contributed by atoms with Crippen molar-refractivity contribution in [3.05, 3.63) is 11.3 Å². The Morgan fingerprint density at radius 2 is 2.45 bits per heavy atom. The van der Waals surface area contributed by atoms with E-state index >= 15 is 0 Å². The Bertz CT molecular complexity index is 236. The Morgan fingerprint density at radius 3 is 3.27 bits per heavy atom. The summed E-state index contributed by atoms with van der Waals surface area (Å²) in [5.41, 5.74) is 8.93. The topological polar surface area (TPSA) is 47.9 Å². The van der Waals surface area contributed by atoms with Crippen LogP contribution in [0, 0.1) is 17.2 Å². The van der Waals surface area contributed by atoms with Crippen LogP contribution in [0.3, 0.4) is 0 Å². The van der Waals surface area contributed by atoms with Gasteiger partial charge in [-0.15, -0.1) is 0 Å². The fourth-order valence-corrected chi connectivity index (χ4v) is 1.72. The molecule has 3 nitrogen and oxygen atoms in total. The predicted octanol–water partition coefficient (Wildman–Crippen LogP) is 0.672. The average molecular weight is 149 g/mol. The Hall–Kier alpha value is -1.01. The third-order valence-electron chi connectivity index (χ3n) is 2.39. The van der Waals surface area contributed by atoms with Crippen LogP contribution in [0.4, 0.5) is 0 Å². The number of nitriles is 1. The van der Waals surface area contributed by atoms with Crippen molar-refractivity contribution in [1.29, 1.82) is 5.26 Å². The highest BCUT2D eigenvalue weighted by Crippen LogP contribution is 2.28. The lowest BCUT2D eigenvalue weighted by atomic mass is 9.88. The number of hydrogen-bond acceptors (Lipinski definition) is 3. The summed E-state index contributed by atoms with van der Waals surface area (Å²) < 4.78 is 0. The van der Waals surface area contributed by atoms with Crippen LogP contribution in [-0.4, -0.2) is 6.54 Å². The summed E-state index contributed by atoms with van der Waals surface area (Å²) in [6.07, 6.45) is 3.02. The molecule has 11 heavy (non-hydrogen) atoms. The molecular formula is C8H11N3. The van der Waals surface area contributed by atoms with Crippen molar-refractivity contribution in [3.63, 3.8) is 0 Å². The summed E-state index contributed by atoms with van der Waals surface area (Å²) >= 11 is 0. The molecule has 0 bridgehead atoms. The molecule has 0 aromatic rings. The van der Waals surface area contributed by atoms with E-state index in [1.54, 1.807) is 0 Å². The first kappa shape index (κ1) is 6.68. The first-order chi connectivity index (χ1) is 5.40. The van der Waals surface area contributed by atoms with Crippen molar-refractivity contribution in [2.75, 3.05) is 6.54 Å². The van der Waals surface area contributed by atoms with Crippen molar-refractivity contribution < 1.29 is 0 Å². The highest BCUT2D eigenvalue weighted by Gasteiger charge is 2.23. The second kappa shape index (κ2) is 2.55. The Kier molecular flexibility index (Phi) is 1.55. The standard InChI is InChI=1S/C8H11N3/c9-4-6-1-2-8-7(3-6)5-10-11-8/h6,10-11H,1-3,5H2. The molecule has 0 aromatic heterocycles. The van der Waals surface area contributed by atoms with E-state index in [-0.39, 0.29) is 5.92 Å². The molecule has 58 valence electrons. The van der Waals surface area contributed by atoms with Crippen LogP contribution in [-0.2, 0) is 0 Å². The van der Waals surface area contributed by atoms with Gasteiger partial charge in [-0.05, 0) is 24.8 Å². The summed E-state index contributed by atoms with van der Waals surface area (Å²) in [5, 5.41) is 8.70. The third kappa shape index (κ3) is 1.10. The summed E-state index contributed by atoms with van der Waals surface area (Å²) in [4.78, 5) is 0. The maximum atomic E-state index is 8.70. The monoisotopic (exact) mass is 149 g/mol. The van der Waals surface area contributed by atoms with E-state index < -0.39 is 0 Å². The fraction of sp³-hybridized carbons (Fsp3) is 0.625. The largest absolute Gasteiger partial charge is 0.325 e. The van der Waals surface area contributed by atoms with Gasteiger partial charge in [-0.3, -0.25) is 0 Å². The molecule has 0 saturated carbocycles. The van der Waals surface area contributed by atoms with Gasteiger partial charge < -0.3 is 5.43 Å². The minimum absolute atomic E-state index is 0.260. The van der Waals surface area contributed by atoms with E-state index in [0.717, 1.165) is 25.8 Å². The highest BCUT2D eigenvalue weighted by atomic mass is 15.4. The maximum Gasteiger partial charge on any atom is 0.0659 e. The van der Waals surface area contributed by atoms with Crippen LogP contribution in [0.15, 0.2) is 11.3 Å². The van der Waals surface area contributed by atoms with Crippen molar-refractivity contribution >= 4 is 0 Å². The molecule has 0 amide bonds. The minimum Gasteiger partial charge on any atom is -0.325 e. The molecule has 3 heteroatoms. The average Bonchev–Trinajstić information content (AvgIpc) is 2.50. The van der Waals surface area contributed by atoms with Gasteiger partial charge in [-0.1, -0.05) is 0 Å². The van der Waals surface area contributed by atoms with Gasteiger partial charge in [-0.2, -0.15) is 5.26 Å². The van der Waals surface area contributed by atoms with Crippen molar-refractivity contribution in [3.8, 4) is 6.07 Å². The van der Waals surface area contributed by atoms with Gasteiger partial charge in [0, 0.05) is 12.2 Å². The smallest absolute Gasteiger partial charge is 0.0659 e. The Labute approximate surface area is 66.1 Å². The van der Waals surface area contributed by atoms with Gasteiger partial charge in [0.15, 0.2) is 0 Å². The van der Waals surface area contributed by atoms with E-state index in [2.05, 4.69) is 16.9 Å². The molecule has 1 unspecified atom stereocenters. The molecule has 2 N–H and O–H groups in total. The zero-order valence-electron chi connectivity index (χ0n) is 6.35. The molecule has 2 rings (SSSR count). The number of nitrogens with one attached hydrogen (secondary N) is 2. The van der Waals surface area contributed by atoms with Gasteiger partial charge in [0.25, 0.3) is 0 Å². The normalized spacial score (nSPS) is 29.2. The van der Waals surface area contributed by atoms with Crippen LogP contribution in [0.1, 0.15) is 19.3 Å². The van der Waals surface area contributed by atoms with Crippen LogP contribution in [0.25, 0.3) is 0 Å². The Balaban J connectivity index is 2.12. The molecule has 0 saturated heterocycles. The van der Waals surface area contributed by atoms with Gasteiger partial charge in [0.2, 0.25) is 0 Å². The van der Waals surface area contributed by atoms with E-state index in [1.165, 1.54) is 11.3 Å². The molecule has 1 aliphatic carbocycles. The zero-order chi connectivity index (χ0) is 7.68. The van der Waals surface area contributed by atoms with Crippen LogP contribution in [0.5, 0.6) is 0 Å². The molecule has 1 heterocycles. The summed E-state index contributed by atoms with van der Waals surface area (Å²) in [5.74, 6) is 0.260. The van der Waals surface area contributed by atoms with Gasteiger partial charge in [0.05, 0.1) is 12.0 Å². The van der Waals surface area contributed by atoms with Crippen molar-refractivity contribution in [2.24, 2.45) is 5.92 Å². The quantitative estimate of drug-likeness (QED) is 0.532. The first-order valence-electron chi connectivity index (χ1n) is 3.99. The van der Waals surface area contributed by atoms with E-state index in [1.807, 2.05) is 0 Å². The summed E-state index contributed by atoms with van der Waals surface area (Å²) in [6.45, 7) is 0.924. The molecule has 0 fully saturated rings. The SMILES string of the molecule is N#CC1CCC2=C(CNN2)C1. The molecular weight excluding hydrogens is 138 g/mol. The number of allylic oxidation sites excluding steroid dienone is 1. The molecule has 1 atom stereocenters. The number of hydrogen-bond donors (Lipinski definition) is 2. The molecule has 0 spiro atoms. The van der Waals surface area contributed by atoms with Crippen LogP contribution in [0.2, 0.25) is 0 Å². The lowest BCUT2D eigenvalue weighted by molar-refractivity contribution is 0.552. The zero-order valence-corrected chi connectivity index (χ0v) is 6.35.